The van der Waals surface area contributed by atoms with Gasteiger partial charge in [0.25, 0.3) is 0 Å². The molecule has 1 aliphatic heterocycles. The van der Waals surface area contributed by atoms with Gasteiger partial charge in [-0.2, -0.15) is 0 Å². The van der Waals surface area contributed by atoms with E-state index >= 15 is 0 Å². The number of ether oxygens (including phenoxy) is 1. The van der Waals surface area contributed by atoms with E-state index in [0.29, 0.717) is 6.61 Å². The Bertz CT molecular complexity index is 983. The standard InChI is InChI=1S/C22H25N3O2S/c1-14-4-9-19-20(12-14)28-22(24-19)17-5-7-18(8-6-17)23-21(26)16(3)25-10-11-27-15(2)13-25/h4-9,12,15-16H,10-11,13H2,1-3H3,(H,23,26)/t15-,16+/m0/s1. The number of anilines is 1. The Labute approximate surface area is 169 Å². The highest BCUT2D eigenvalue weighted by molar-refractivity contribution is 7.21. The predicted octanol–water partition coefficient (Wildman–Crippen LogP) is 4.32. The van der Waals surface area contributed by atoms with Gasteiger partial charge in [0.1, 0.15) is 5.01 Å². The smallest absolute Gasteiger partial charge is 0.241 e. The second kappa shape index (κ2) is 7.99. The number of hydrogen-bond donors (Lipinski definition) is 1. The van der Waals surface area contributed by atoms with E-state index in [0.717, 1.165) is 34.9 Å². The molecule has 5 nitrogen and oxygen atoms in total. The first-order chi connectivity index (χ1) is 13.5. The van der Waals surface area contributed by atoms with E-state index in [9.17, 15) is 4.79 Å². The monoisotopic (exact) mass is 395 g/mol. The molecule has 0 aliphatic carbocycles. The topological polar surface area (TPSA) is 54.5 Å². The van der Waals surface area contributed by atoms with Crippen molar-refractivity contribution in [1.82, 2.24) is 9.88 Å². The number of nitrogens with zero attached hydrogens (tertiary/aromatic N) is 2. The molecule has 4 rings (SSSR count). The minimum Gasteiger partial charge on any atom is -0.376 e. The molecule has 0 bridgehead atoms. The minimum atomic E-state index is -0.182. The van der Waals surface area contributed by atoms with Crippen molar-refractivity contribution >= 4 is 33.1 Å². The van der Waals surface area contributed by atoms with Crippen LogP contribution in [0.5, 0.6) is 0 Å². The Hall–Kier alpha value is -2.28. The van der Waals surface area contributed by atoms with Crippen LogP contribution in [-0.4, -0.2) is 47.6 Å². The van der Waals surface area contributed by atoms with Crippen molar-refractivity contribution in [3.05, 3.63) is 48.0 Å². The Morgan fingerprint density at radius 1 is 1.29 bits per heavy atom. The van der Waals surface area contributed by atoms with Crippen LogP contribution in [0, 0.1) is 6.92 Å². The molecule has 1 amide bonds. The first kappa shape index (κ1) is 19.1. The number of aryl methyl sites for hydroxylation is 1. The van der Waals surface area contributed by atoms with E-state index in [1.165, 1.54) is 10.3 Å². The highest BCUT2D eigenvalue weighted by Crippen LogP contribution is 2.31. The summed E-state index contributed by atoms with van der Waals surface area (Å²) in [6, 6.07) is 14.0. The van der Waals surface area contributed by atoms with Gasteiger partial charge in [0.2, 0.25) is 5.91 Å². The molecule has 1 fully saturated rings. The van der Waals surface area contributed by atoms with Crippen LogP contribution in [0.4, 0.5) is 5.69 Å². The average molecular weight is 396 g/mol. The fraction of sp³-hybridized carbons (Fsp3) is 0.364. The maximum Gasteiger partial charge on any atom is 0.241 e. The van der Waals surface area contributed by atoms with Crippen LogP contribution in [0.3, 0.4) is 0 Å². The number of aromatic nitrogens is 1. The lowest BCUT2D eigenvalue weighted by Gasteiger charge is -2.34. The van der Waals surface area contributed by atoms with Crippen LogP contribution in [0.25, 0.3) is 20.8 Å². The average Bonchev–Trinajstić information content (AvgIpc) is 3.11. The highest BCUT2D eigenvalue weighted by Gasteiger charge is 2.26. The van der Waals surface area contributed by atoms with Crippen LogP contribution < -0.4 is 5.32 Å². The summed E-state index contributed by atoms with van der Waals surface area (Å²) in [5, 5.41) is 4.02. The van der Waals surface area contributed by atoms with Gasteiger partial charge in [-0.15, -0.1) is 11.3 Å². The number of nitrogens with one attached hydrogen (secondary N) is 1. The van der Waals surface area contributed by atoms with E-state index in [1.54, 1.807) is 11.3 Å². The molecule has 2 heterocycles. The lowest BCUT2D eigenvalue weighted by molar-refractivity contribution is -0.123. The maximum atomic E-state index is 12.6. The molecule has 28 heavy (non-hydrogen) atoms. The summed E-state index contributed by atoms with van der Waals surface area (Å²) in [4.78, 5) is 19.5. The zero-order valence-corrected chi connectivity index (χ0v) is 17.3. The fourth-order valence-electron chi connectivity index (χ4n) is 3.46. The van der Waals surface area contributed by atoms with Gasteiger partial charge in [0, 0.05) is 24.3 Å². The fourth-order valence-corrected chi connectivity index (χ4v) is 4.53. The molecule has 0 unspecified atom stereocenters. The second-order valence-electron chi connectivity index (χ2n) is 7.41. The quantitative estimate of drug-likeness (QED) is 0.715. The molecule has 6 heteroatoms. The van der Waals surface area contributed by atoms with E-state index in [-0.39, 0.29) is 18.1 Å². The summed E-state index contributed by atoms with van der Waals surface area (Å²) < 4.78 is 6.76. The van der Waals surface area contributed by atoms with E-state index < -0.39 is 0 Å². The van der Waals surface area contributed by atoms with Crippen LogP contribution in [0.2, 0.25) is 0 Å². The molecule has 0 spiro atoms. The molecule has 146 valence electrons. The molecule has 1 saturated heterocycles. The van der Waals surface area contributed by atoms with Gasteiger partial charge >= 0.3 is 0 Å². The summed E-state index contributed by atoms with van der Waals surface area (Å²) in [6.07, 6.45) is 0.167. The molecular weight excluding hydrogens is 370 g/mol. The second-order valence-corrected chi connectivity index (χ2v) is 8.44. The number of hydrogen-bond acceptors (Lipinski definition) is 5. The van der Waals surface area contributed by atoms with Gasteiger partial charge in [0.15, 0.2) is 0 Å². The third kappa shape index (κ3) is 4.09. The van der Waals surface area contributed by atoms with Crippen molar-refractivity contribution < 1.29 is 9.53 Å². The lowest BCUT2D eigenvalue weighted by Crippen LogP contribution is -2.50. The number of benzene rings is 2. The normalized spacial score (nSPS) is 18.9. The van der Waals surface area contributed by atoms with Gasteiger partial charge in [-0.1, -0.05) is 6.07 Å². The summed E-state index contributed by atoms with van der Waals surface area (Å²) >= 11 is 1.69. The number of thiazole rings is 1. The predicted molar refractivity (Wildman–Crippen MR) is 115 cm³/mol. The molecule has 3 aromatic rings. The molecule has 1 aliphatic rings. The summed E-state index contributed by atoms with van der Waals surface area (Å²) in [5.41, 5.74) is 4.13. The van der Waals surface area contributed by atoms with Gasteiger partial charge < -0.3 is 10.1 Å². The molecule has 1 aromatic heterocycles. The van der Waals surface area contributed by atoms with Crippen molar-refractivity contribution in [1.29, 1.82) is 0 Å². The third-order valence-corrected chi connectivity index (χ3v) is 6.21. The molecule has 0 saturated carbocycles. The summed E-state index contributed by atoms with van der Waals surface area (Å²) in [7, 11) is 0. The minimum absolute atomic E-state index is 0.0114. The van der Waals surface area contributed by atoms with Crippen molar-refractivity contribution in [2.45, 2.75) is 32.9 Å². The van der Waals surface area contributed by atoms with E-state index in [2.05, 4.69) is 35.3 Å². The summed E-state index contributed by atoms with van der Waals surface area (Å²) in [5.74, 6) is 0.0114. The number of carbonyl (C=O) groups excluding carboxylic acids is 1. The van der Waals surface area contributed by atoms with Gasteiger partial charge in [-0.3, -0.25) is 9.69 Å². The van der Waals surface area contributed by atoms with Gasteiger partial charge in [-0.25, -0.2) is 4.98 Å². The Balaban J connectivity index is 1.44. The van der Waals surface area contributed by atoms with Crippen LogP contribution in [0.1, 0.15) is 19.4 Å². The highest BCUT2D eigenvalue weighted by atomic mass is 32.1. The number of rotatable bonds is 4. The lowest BCUT2D eigenvalue weighted by atomic mass is 10.2. The van der Waals surface area contributed by atoms with E-state index in [1.807, 2.05) is 38.1 Å². The maximum absolute atomic E-state index is 12.6. The van der Waals surface area contributed by atoms with Crippen molar-refractivity contribution in [2.24, 2.45) is 0 Å². The Kier molecular flexibility index (Phi) is 5.44. The zero-order valence-electron chi connectivity index (χ0n) is 16.4. The Morgan fingerprint density at radius 2 is 2.07 bits per heavy atom. The molecule has 1 N–H and O–H groups in total. The molecule has 2 atom stereocenters. The largest absolute Gasteiger partial charge is 0.376 e. The summed E-state index contributed by atoms with van der Waals surface area (Å²) in [6.45, 7) is 8.33. The first-order valence-electron chi connectivity index (χ1n) is 9.64. The van der Waals surface area contributed by atoms with Crippen molar-refractivity contribution in [3.63, 3.8) is 0 Å². The number of carbonyl (C=O) groups is 1. The third-order valence-electron chi connectivity index (χ3n) is 5.14. The van der Waals surface area contributed by atoms with Crippen molar-refractivity contribution in [2.75, 3.05) is 25.0 Å². The number of amides is 1. The van der Waals surface area contributed by atoms with E-state index in [4.69, 9.17) is 9.72 Å². The van der Waals surface area contributed by atoms with Crippen LogP contribution in [-0.2, 0) is 9.53 Å². The van der Waals surface area contributed by atoms with Crippen molar-refractivity contribution in [3.8, 4) is 10.6 Å². The number of morpholine rings is 1. The molecule has 0 radical (unpaired) electrons. The Morgan fingerprint density at radius 3 is 2.82 bits per heavy atom. The number of fused-ring (bicyclic) bond motifs is 1. The molecule has 2 aromatic carbocycles. The van der Waals surface area contributed by atoms with Gasteiger partial charge in [-0.05, 0) is 62.7 Å². The van der Waals surface area contributed by atoms with Gasteiger partial charge in [0.05, 0.1) is 29.0 Å². The zero-order chi connectivity index (χ0) is 19.7. The van der Waals surface area contributed by atoms with Crippen LogP contribution >= 0.6 is 11.3 Å². The molecular formula is C22H25N3O2S. The first-order valence-corrected chi connectivity index (χ1v) is 10.5. The van der Waals surface area contributed by atoms with Crippen LogP contribution in [0.15, 0.2) is 42.5 Å². The SMILES string of the molecule is Cc1ccc2nc(-c3ccc(NC(=O)[C@@H](C)N4CCO[C@@H](C)C4)cc3)sc2c1.